The number of carbonyl (C=O) groups is 2. The van der Waals surface area contributed by atoms with Crippen molar-refractivity contribution in [2.45, 2.75) is 44.2 Å². The van der Waals surface area contributed by atoms with Crippen LogP contribution in [-0.2, 0) is 32.6 Å². The molecule has 0 spiro atoms. The van der Waals surface area contributed by atoms with E-state index in [-0.39, 0.29) is 17.3 Å². The minimum Gasteiger partial charge on any atom is -0.357 e. The summed E-state index contributed by atoms with van der Waals surface area (Å²) in [4.78, 5) is 28.2. The van der Waals surface area contributed by atoms with Gasteiger partial charge in [0.25, 0.3) is 10.0 Å². The highest BCUT2D eigenvalue weighted by Gasteiger charge is 2.34. The van der Waals surface area contributed by atoms with E-state index in [1.165, 1.54) is 24.1 Å². The fourth-order valence-corrected chi connectivity index (χ4v) is 6.22. The molecule has 3 aromatic rings. The number of nitrogens with one attached hydrogen (secondary N) is 1. The molecule has 3 aromatic carbocycles. The maximum absolute atomic E-state index is 14.0. The molecule has 0 radical (unpaired) electrons. The molecular formula is C28H31Cl2N3O4S. The minimum atomic E-state index is -4.13. The van der Waals surface area contributed by atoms with Gasteiger partial charge >= 0.3 is 0 Å². The smallest absolute Gasteiger partial charge is 0.264 e. The fourth-order valence-electron chi connectivity index (χ4n) is 4.23. The van der Waals surface area contributed by atoms with E-state index >= 15 is 0 Å². The number of carbonyl (C=O) groups excluding carboxylic acids is 2. The molecule has 1 atom stereocenters. The second-order valence-electron chi connectivity index (χ2n) is 8.57. The van der Waals surface area contributed by atoms with Gasteiger partial charge in [-0.3, -0.25) is 13.9 Å². The van der Waals surface area contributed by atoms with Gasteiger partial charge in [-0.2, -0.15) is 0 Å². The van der Waals surface area contributed by atoms with Crippen LogP contribution in [0.4, 0.5) is 5.69 Å². The molecule has 2 amide bonds. The molecule has 38 heavy (non-hydrogen) atoms. The Hall–Kier alpha value is -3.07. The molecule has 202 valence electrons. The van der Waals surface area contributed by atoms with Crippen molar-refractivity contribution < 1.29 is 18.0 Å². The Bertz CT molecular complexity index is 1360. The first kappa shape index (κ1) is 29.5. The lowest BCUT2D eigenvalue weighted by Gasteiger charge is -2.33. The summed E-state index contributed by atoms with van der Waals surface area (Å²) in [6, 6.07) is 19.1. The number of rotatable bonds is 11. The van der Waals surface area contributed by atoms with Crippen LogP contribution < -0.4 is 9.62 Å². The number of benzene rings is 3. The number of para-hydroxylation sites is 1. The normalized spacial score (nSPS) is 12.0. The summed E-state index contributed by atoms with van der Waals surface area (Å²) in [5, 5.41) is 3.27. The Labute approximate surface area is 234 Å². The molecular weight excluding hydrogens is 545 g/mol. The quantitative estimate of drug-likeness (QED) is 0.336. The van der Waals surface area contributed by atoms with Crippen LogP contribution in [0.25, 0.3) is 0 Å². The van der Waals surface area contributed by atoms with Gasteiger partial charge in [-0.15, -0.1) is 0 Å². The van der Waals surface area contributed by atoms with Crippen LogP contribution in [0.15, 0.2) is 77.7 Å². The van der Waals surface area contributed by atoms with E-state index in [0.717, 1.165) is 9.87 Å². The first-order valence-electron chi connectivity index (χ1n) is 12.2. The van der Waals surface area contributed by atoms with E-state index in [1.54, 1.807) is 55.5 Å². The van der Waals surface area contributed by atoms with Crippen molar-refractivity contribution in [3.63, 3.8) is 0 Å². The molecule has 0 heterocycles. The average molecular weight is 577 g/mol. The summed E-state index contributed by atoms with van der Waals surface area (Å²) in [6.45, 7) is 3.10. The van der Waals surface area contributed by atoms with E-state index in [9.17, 15) is 18.0 Å². The van der Waals surface area contributed by atoms with Gasteiger partial charge in [0.1, 0.15) is 12.6 Å². The summed E-state index contributed by atoms with van der Waals surface area (Å²) >= 11 is 12.8. The standard InChI is InChI=1S/C28H31Cl2N3O4S/c1-4-20-12-9-10-17-26(20)33(38(36,37)21-13-7-6-8-14-21)19-27(34)32(25(5-2)28(35)31-3)18-22-23(29)15-11-16-24(22)30/h6-17,25H,4-5,18-19H2,1-3H3,(H,31,35). The van der Waals surface area contributed by atoms with Crippen LogP contribution in [0, 0.1) is 0 Å². The highest BCUT2D eigenvalue weighted by molar-refractivity contribution is 7.92. The highest BCUT2D eigenvalue weighted by atomic mass is 35.5. The third-order valence-electron chi connectivity index (χ3n) is 6.27. The molecule has 0 saturated carbocycles. The SMILES string of the molecule is CCc1ccccc1N(CC(=O)N(Cc1c(Cl)cccc1Cl)C(CC)C(=O)NC)S(=O)(=O)c1ccccc1. The number of hydrogen-bond acceptors (Lipinski definition) is 4. The Morgan fingerprint density at radius 3 is 2.08 bits per heavy atom. The second-order valence-corrected chi connectivity index (χ2v) is 11.2. The second kappa shape index (κ2) is 13.1. The number of aryl methyl sites for hydroxylation is 1. The first-order valence-corrected chi connectivity index (χ1v) is 14.4. The number of sulfonamides is 1. The fraction of sp³-hybridized carbons (Fsp3) is 0.286. The zero-order chi connectivity index (χ0) is 27.9. The predicted molar refractivity (Wildman–Crippen MR) is 152 cm³/mol. The maximum atomic E-state index is 14.0. The monoisotopic (exact) mass is 575 g/mol. The van der Waals surface area contributed by atoms with Crippen molar-refractivity contribution in [3.8, 4) is 0 Å². The largest absolute Gasteiger partial charge is 0.357 e. The topological polar surface area (TPSA) is 86.8 Å². The molecule has 10 heteroatoms. The van der Waals surface area contributed by atoms with Gasteiger partial charge in [0, 0.05) is 29.2 Å². The number of hydrogen-bond donors (Lipinski definition) is 1. The van der Waals surface area contributed by atoms with Crippen LogP contribution in [0.3, 0.4) is 0 Å². The molecule has 1 unspecified atom stereocenters. The minimum absolute atomic E-state index is 0.0535. The van der Waals surface area contributed by atoms with Gasteiger partial charge in [0.2, 0.25) is 11.8 Å². The van der Waals surface area contributed by atoms with Crippen LogP contribution in [0.1, 0.15) is 31.4 Å². The summed E-state index contributed by atoms with van der Waals surface area (Å²) in [6.07, 6.45) is 0.852. The first-order chi connectivity index (χ1) is 18.1. The maximum Gasteiger partial charge on any atom is 0.264 e. The van der Waals surface area contributed by atoms with Gasteiger partial charge in [-0.05, 0) is 48.7 Å². The van der Waals surface area contributed by atoms with Crippen molar-refractivity contribution in [1.82, 2.24) is 10.2 Å². The zero-order valence-electron chi connectivity index (χ0n) is 21.5. The van der Waals surface area contributed by atoms with E-state index in [4.69, 9.17) is 23.2 Å². The van der Waals surface area contributed by atoms with Crippen LogP contribution in [0.2, 0.25) is 10.0 Å². The van der Waals surface area contributed by atoms with E-state index in [2.05, 4.69) is 5.32 Å². The number of halogens is 2. The third-order valence-corrected chi connectivity index (χ3v) is 8.76. The molecule has 0 bridgehead atoms. The van der Waals surface area contributed by atoms with Crippen molar-refractivity contribution in [2.24, 2.45) is 0 Å². The van der Waals surface area contributed by atoms with Crippen LogP contribution in [-0.4, -0.2) is 44.8 Å². The van der Waals surface area contributed by atoms with Crippen molar-refractivity contribution in [2.75, 3.05) is 17.9 Å². The van der Waals surface area contributed by atoms with Gasteiger partial charge < -0.3 is 10.2 Å². The third kappa shape index (κ3) is 6.49. The lowest BCUT2D eigenvalue weighted by atomic mass is 10.1. The number of nitrogens with zero attached hydrogens (tertiary/aromatic N) is 2. The van der Waals surface area contributed by atoms with Gasteiger partial charge in [-0.1, -0.05) is 79.5 Å². The van der Waals surface area contributed by atoms with Crippen molar-refractivity contribution in [3.05, 3.63) is 94.0 Å². The molecule has 0 fully saturated rings. The Morgan fingerprint density at radius 2 is 1.50 bits per heavy atom. The predicted octanol–water partition coefficient (Wildman–Crippen LogP) is 5.30. The van der Waals surface area contributed by atoms with Crippen LogP contribution >= 0.6 is 23.2 Å². The van der Waals surface area contributed by atoms with Gasteiger partial charge in [-0.25, -0.2) is 8.42 Å². The summed E-state index contributed by atoms with van der Waals surface area (Å²) in [5.74, 6) is -0.947. The molecule has 0 aliphatic carbocycles. The Kier molecular flexibility index (Phi) is 10.2. The number of likely N-dealkylation sites (N-methyl/N-ethyl adjacent to an activating group) is 1. The van der Waals surface area contributed by atoms with E-state index in [1.807, 2.05) is 19.1 Å². The van der Waals surface area contributed by atoms with Gasteiger partial charge in [0.05, 0.1) is 10.6 Å². The Balaban J connectivity index is 2.13. The summed E-state index contributed by atoms with van der Waals surface area (Å²) in [7, 11) is -2.64. The molecule has 7 nitrogen and oxygen atoms in total. The molecule has 0 saturated heterocycles. The zero-order valence-corrected chi connectivity index (χ0v) is 23.9. The molecule has 0 aliphatic heterocycles. The van der Waals surface area contributed by atoms with Crippen molar-refractivity contribution >= 4 is 50.7 Å². The number of anilines is 1. The van der Waals surface area contributed by atoms with E-state index < -0.39 is 28.5 Å². The number of amides is 2. The molecule has 0 aliphatic rings. The summed E-state index contributed by atoms with van der Waals surface area (Å²) in [5.41, 5.74) is 1.63. The van der Waals surface area contributed by atoms with Crippen LogP contribution in [0.5, 0.6) is 0 Å². The molecule has 3 rings (SSSR count). The Morgan fingerprint density at radius 1 is 0.895 bits per heavy atom. The lowest BCUT2D eigenvalue weighted by Crippen LogP contribution is -2.52. The van der Waals surface area contributed by atoms with E-state index in [0.29, 0.717) is 34.1 Å². The van der Waals surface area contributed by atoms with Crippen molar-refractivity contribution in [1.29, 1.82) is 0 Å². The lowest BCUT2D eigenvalue weighted by molar-refractivity contribution is -0.140. The summed E-state index contributed by atoms with van der Waals surface area (Å²) < 4.78 is 28.9. The average Bonchev–Trinajstić information content (AvgIpc) is 2.93. The van der Waals surface area contributed by atoms with Gasteiger partial charge in [0.15, 0.2) is 0 Å². The highest BCUT2D eigenvalue weighted by Crippen LogP contribution is 2.30. The molecule has 0 aromatic heterocycles. The molecule has 1 N–H and O–H groups in total.